The number of carboxylic acids is 1. The molecule has 0 aromatic heterocycles. The van der Waals surface area contributed by atoms with E-state index in [0.717, 1.165) is 12.8 Å². The average Bonchev–Trinajstić information content (AvgIpc) is 2.96. The highest BCUT2D eigenvalue weighted by Gasteiger charge is 2.39. The number of methoxy groups -OCH3 is 1. The van der Waals surface area contributed by atoms with Crippen molar-refractivity contribution in [2.45, 2.75) is 31.8 Å². The molecule has 1 amide bonds. The molecule has 2 atom stereocenters. The lowest BCUT2D eigenvalue weighted by molar-refractivity contribution is -0.149. The van der Waals surface area contributed by atoms with Crippen molar-refractivity contribution in [2.24, 2.45) is 5.92 Å². The van der Waals surface area contributed by atoms with Crippen molar-refractivity contribution in [1.82, 2.24) is 4.90 Å². The molecule has 1 N–H and O–H groups in total. The van der Waals surface area contributed by atoms with Gasteiger partial charge in [0.05, 0.1) is 6.61 Å². The van der Waals surface area contributed by atoms with E-state index in [0.29, 0.717) is 13.0 Å². The number of amides is 1. The third-order valence-electron chi connectivity index (χ3n) is 2.63. The number of rotatable bonds is 7. The lowest BCUT2D eigenvalue weighted by Gasteiger charge is -2.29. The van der Waals surface area contributed by atoms with Crippen molar-refractivity contribution < 1.29 is 19.4 Å². The van der Waals surface area contributed by atoms with Gasteiger partial charge in [0.25, 0.3) is 0 Å². The quantitative estimate of drug-likeness (QED) is 0.622. The number of hydrogen-bond acceptors (Lipinski definition) is 3. The van der Waals surface area contributed by atoms with Gasteiger partial charge in [0, 0.05) is 19.1 Å². The zero-order valence-electron chi connectivity index (χ0n) is 9.05. The second-order valence-corrected chi connectivity index (χ2v) is 4.00. The molecule has 0 aromatic carbocycles. The van der Waals surface area contributed by atoms with E-state index < -0.39 is 12.0 Å². The summed E-state index contributed by atoms with van der Waals surface area (Å²) in [4.78, 5) is 23.4. The van der Waals surface area contributed by atoms with Gasteiger partial charge in [-0.1, -0.05) is 6.92 Å². The number of carboxylic acid groups (broad SMARTS) is 1. The Morgan fingerprint density at radius 1 is 1.67 bits per heavy atom. The first kappa shape index (κ1) is 12.0. The molecule has 2 unspecified atom stereocenters. The fourth-order valence-electron chi connectivity index (χ4n) is 1.77. The van der Waals surface area contributed by atoms with E-state index in [2.05, 4.69) is 0 Å². The van der Waals surface area contributed by atoms with Crippen LogP contribution in [0.5, 0.6) is 0 Å². The van der Waals surface area contributed by atoms with Crippen molar-refractivity contribution in [1.29, 1.82) is 0 Å². The number of aliphatic carboxylic acids is 1. The molecule has 0 aromatic rings. The number of carbonyl (C=O) groups excluding carboxylic acids is 1. The molecule has 15 heavy (non-hydrogen) atoms. The Labute approximate surface area is 89.0 Å². The van der Waals surface area contributed by atoms with Gasteiger partial charge in [0.1, 0.15) is 6.04 Å². The number of ether oxygens (including phenoxy) is 1. The molecule has 1 aliphatic carbocycles. The SMILES string of the molecule is COCC(C)C(C(=O)O)N(C=O)C1CC1. The molecule has 0 spiro atoms. The molecule has 0 heterocycles. The molecule has 86 valence electrons. The van der Waals surface area contributed by atoms with Crippen LogP contribution in [-0.2, 0) is 14.3 Å². The summed E-state index contributed by atoms with van der Waals surface area (Å²) >= 11 is 0. The van der Waals surface area contributed by atoms with Crippen molar-refractivity contribution >= 4 is 12.4 Å². The van der Waals surface area contributed by atoms with Gasteiger partial charge in [-0.2, -0.15) is 0 Å². The molecule has 0 saturated heterocycles. The van der Waals surface area contributed by atoms with Gasteiger partial charge in [-0.25, -0.2) is 4.79 Å². The van der Waals surface area contributed by atoms with Gasteiger partial charge < -0.3 is 14.7 Å². The van der Waals surface area contributed by atoms with Crippen LogP contribution in [0.4, 0.5) is 0 Å². The molecule has 1 saturated carbocycles. The van der Waals surface area contributed by atoms with Crippen LogP contribution in [0.1, 0.15) is 19.8 Å². The highest BCUT2D eigenvalue weighted by molar-refractivity contribution is 5.77. The van der Waals surface area contributed by atoms with Crippen molar-refractivity contribution in [3.05, 3.63) is 0 Å². The van der Waals surface area contributed by atoms with E-state index in [1.54, 1.807) is 6.92 Å². The fourth-order valence-corrected chi connectivity index (χ4v) is 1.77. The predicted octanol–water partition coefficient (Wildman–Crippen LogP) is 0.343. The number of hydrogen-bond donors (Lipinski definition) is 1. The molecule has 5 heteroatoms. The summed E-state index contributed by atoms with van der Waals surface area (Å²) in [5.41, 5.74) is 0. The first-order valence-corrected chi connectivity index (χ1v) is 5.06. The first-order chi connectivity index (χ1) is 7.11. The summed E-state index contributed by atoms with van der Waals surface area (Å²) in [6, 6.07) is -0.655. The van der Waals surface area contributed by atoms with Gasteiger partial charge in [0.15, 0.2) is 0 Å². The van der Waals surface area contributed by atoms with Crippen molar-refractivity contribution in [2.75, 3.05) is 13.7 Å². The topological polar surface area (TPSA) is 66.8 Å². The van der Waals surface area contributed by atoms with E-state index in [-0.39, 0.29) is 12.0 Å². The third kappa shape index (κ3) is 2.92. The van der Waals surface area contributed by atoms with Crippen molar-refractivity contribution in [3.8, 4) is 0 Å². The maximum Gasteiger partial charge on any atom is 0.326 e. The smallest absolute Gasteiger partial charge is 0.326 e. The first-order valence-electron chi connectivity index (χ1n) is 5.06. The van der Waals surface area contributed by atoms with E-state index in [1.165, 1.54) is 12.0 Å². The monoisotopic (exact) mass is 215 g/mol. The summed E-state index contributed by atoms with van der Waals surface area (Å²) in [7, 11) is 1.53. The Bertz CT molecular complexity index is 240. The van der Waals surface area contributed by atoms with Crippen LogP contribution in [0.25, 0.3) is 0 Å². The highest BCUT2D eigenvalue weighted by Crippen LogP contribution is 2.29. The minimum atomic E-state index is -0.960. The van der Waals surface area contributed by atoms with Gasteiger partial charge in [-0.05, 0) is 12.8 Å². The average molecular weight is 215 g/mol. The van der Waals surface area contributed by atoms with Gasteiger partial charge in [-0.15, -0.1) is 0 Å². The van der Waals surface area contributed by atoms with E-state index in [1.807, 2.05) is 0 Å². The molecule has 1 fully saturated rings. The maximum atomic E-state index is 11.1. The summed E-state index contributed by atoms with van der Waals surface area (Å²) < 4.78 is 4.92. The van der Waals surface area contributed by atoms with Crippen molar-refractivity contribution in [3.63, 3.8) is 0 Å². The molecule has 5 nitrogen and oxygen atoms in total. The molecule has 1 aliphatic rings. The lowest BCUT2D eigenvalue weighted by Crippen LogP contribution is -2.47. The summed E-state index contributed by atoms with van der Waals surface area (Å²) in [6.45, 7) is 2.12. The Kier molecular flexibility index (Phi) is 4.08. The second-order valence-electron chi connectivity index (χ2n) is 4.00. The Morgan fingerprint density at radius 2 is 2.27 bits per heavy atom. The van der Waals surface area contributed by atoms with Crippen LogP contribution in [-0.4, -0.2) is 48.2 Å². The minimum absolute atomic E-state index is 0.114. The van der Waals surface area contributed by atoms with Crippen LogP contribution < -0.4 is 0 Å². The predicted molar refractivity (Wildman–Crippen MR) is 53.4 cm³/mol. The molecule has 0 radical (unpaired) electrons. The maximum absolute atomic E-state index is 11.1. The molecular formula is C10H17NO4. The number of carbonyl (C=O) groups is 2. The van der Waals surface area contributed by atoms with Gasteiger partial charge >= 0.3 is 5.97 Å². The summed E-state index contributed by atoms with van der Waals surface area (Å²) in [5.74, 6) is -1.16. The standard InChI is InChI=1S/C10H17NO4/c1-7(5-15-2)9(10(13)14)11(6-12)8-3-4-8/h6-9H,3-5H2,1-2H3,(H,13,14). The largest absolute Gasteiger partial charge is 0.480 e. The normalized spacial score (nSPS) is 19.3. The fraction of sp³-hybridized carbons (Fsp3) is 0.800. The molecule has 0 bridgehead atoms. The zero-order chi connectivity index (χ0) is 11.4. The third-order valence-corrected chi connectivity index (χ3v) is 2.63. The molecule has 1 rings (SSSR count). The van der Waals surface area contributed by atoms with Crippen LogP contribution >= 0.6 is 0 Å². The Hall–Kier alpha value is -1.10. The van der Waals surface area contributed by atoms with E-state index in [9.17, 15) is 9.59 Å². The van der Waals surface area contributed by atoms with Crippen LogP contribution in [0, 0.1) is 5.92 Å². The van der Waals surface area contributed by atoms with Crippen LogP contribution in [0.3, 0.4) is 0 Å². The minimum Gasteiger partial charge on any atom is -0.480 e. The summed E-state index contributed by atoms with van der Waals surface area (Å²) in [5, 5.41) is 9.09. The van der Waals surface area contributed by atoms with Crippen LogP contribution in [0.2, 0.25) is 0 Å². The Morgan fingerprint density at radius 3 is 2.60 bits per heavy atom. The van der Waals surface area contributed by atoms with Gasteiger partial charge in [-0.3, -0.25) is 4.79 Å². The summed E-state index contributed by atoms with van der Waals surface area (Å²) in [6.07, 6.45) is 2.45. The van der Waals surface area contributed by atoms with E-state index in [4.69, 9.17) is 9.84 Å². The number of nitrogens with zero attached hydrogens (tertiary/aromatic N) is 1. The highest BCUT2D eigenvalue weighted by atomic mass is 16.5. The zero-order valence-corrected chi connectivity index (χ0v) is 9.05. The lowest BCUT2D eigenvalue weighted by atomic mass is 10.0. The Balaban J connectivity index is 2.69. The molecular weight excluding hydrogens is 198 g/mol. The van der Waals surface area contributed by atoms with Gasteiger partial charge in [0.2, 0.25) is 6.41 Å². The van der Waals surface area contributed by atoms with E-state index >= 15 is 0 Å². The molecule has 0 aliphatic heterocycles. The second kappa shape index (κ2) is 5.11. The van der Waals surface area contributed by atoms with Crippen LogP contribution in [0.15, 0.2) is 0 Å².